The smallest absolute Gasteiger partial charge is 0.104 e. The first kappa shape index (κ1) is 10.7. The number of hydrogen-bond donors (Lipinski definition) is 2. The fourth-order valence-electron chi connectivity index (χ4n) is 2.60. The molecule has 0 spiro atoms. The molecule has 1 fully saturated rings. The summed E-state index contributed by atoms with van der Waals surface area (Å²) >= 11 is 0. The molecule has 1 aromatic carbocycles. The third kappa shape index (κ3) is 1.81. The molecule has 2 heterocycles. The van der Waals surface area contributed by atoms with E-state index in [0.29, 0.717) is 6.54 Å². The van der Waals surface area contributed by atoms with Gasteiger partial charge in [0.15, 0.2) is 0 Å². The molecule has 1 aliphatic heterocycles. The van der Waals surface area contributed by atoms with E-state index < -0.39 is 5.60 Å². The number of nitrogens with one attached hydrogen (secondary N) is 1. The molecule has 1 aromatic heterocycles. The quantitative estimate of drug-likeness (QED) is 0.782. The van der Waals surface area contributed by atoms with E-state index in [0.717, 1.165) is 35.9 Å². The van der Waals surface area contributed by atoms with Crippen molar-refractivity contribution in [2.45, 2.75) is 18.4 Å². The zero-order valence-electron chi connectivity index (χ0n) is 9.69. The normalized spacial score (nSPS) is 25.0. The fourth-order valence-corrected chi connectivity index (χ4v) is 2.60. The maximum Gasteiger partial charge on any atom is 0.104 e. The Kier molecular flexibility index (Phi) is 2.57. The molecule has 0 amide bonds. The van der Waals surface area contributed by atoms with E-state index in [1.807, 2.05) is 30.3 Å². The lowest BCUT2D eigenvalue weighted by Crippen LogP contribution is -2.43. The molecular formula is C14H16N2O. The molecule has 88 valence electrons. The number of β-amino-alcohol motifs (C(OH)–C–C–N with tert-alkyl or cyclic N) is 1. The number of aromatic nitrogens is 1. The van der Waals surface area contributed by atoms with E-state index in [4.69, 9.17) is 0 Å². The van der Waals surface area contributed by atoms with Gasteiger partial charge in [0.1, 0.15) is 5.60 Å². The van der Waals surface area contributed by atoms with Crippen molar-refractivity contribution in [3.8, 4) is 0 Å². The molecule has 0 saturated carbocycles. The lowest BCUT2D eigenvalue weighted by Gasteiger charge is -2.33. The highest BCUT2D eigenvalue weighted by atomic mass is 16.3. The molecule has 3 rings (SSSR count). The Morgan fingerprint density at radius 3 is 2.94 bits per heavy atom. The SMILES string of the molecule is OC1(c2cccc3cccnc23)CCCNC1. The van der Waals surface area contributed by atoms with Gasteiger partial charge < -0.3 is 10.4 Å². The Hall–Kier alpha value is -1.45. The van der Waals surface area contributed by atoms with E-state index >= 15 is 0 Å². The number of aliphatic hydroxyl groups is 1. The highest BCUT2D eigenvalue weighted by Gasteiger charge is 2.32. The Bertz CT molecular complexity index is 527. The number of benzene rings is 1. The van der Waals surface area contributed by atoms with Crippen molar-refractivity contribution >= 4 is 10.9 Å². The van der Waals surface area contributed by atoms with Crippen LogP contribution in [0.5, 0.6) is 0 Å². The zero-order valence-corrected chi connectivity index (χ0v) is 9.69. The van der Waals surface area contributed by atoms with Gasteiger partial charge in [-0.2, -0.15) is 0 Å². The van der Waals surface area contributed by atoms with Gasteiger partial charge in [0.25, 0.3) is 0 Å². The van der Waals surface area contributed by atoms with Crippen LogP contribution in [-0.2, 0) is 5.60 Å². The monoisotopic (exact) mass is 228 g/mol. The minimum absolute atomic E-state index is 0.614. The van der Waals surface area contributed by atoms with Gasteiger partial charge in [-0.15, -0.1) is 0 Å². The van der Waals surface area contributed by atoms with Crippen molar-refractivity contribution in [2.75, 3.05) is 13.1 Å². The van der Waals surface area contributed by atoms with E-state index in [1.54, 1.807) is 6.20 Å². The second kappa shape index (κ2) is 4.09. The van der Waals surface area contributed by atoms with Gasteiger partial charge in [0.05, 0.1) is 5.52 Å². The molecule has 1 atom stereocenters. The predicted octanol–water partition coefficient (Wildman–Crippen LogP) is 1.81. The zero-order chi connectivity index (χ0) is 11.7. The summed E-state index contributed by atoms with van der Waals surface area (Å²) < 4.78 is 0. The van der Waals surface area contributed by atoms with Crippen molar-refractivity contribution in [1.82, 2.24) is 10.3 Å². The second-order valence-corrected chi connectivity index (χ2v) is 4.69. The third-order valence-corrected chi connectivity index (χ3v) is 3.50. The lowest BCUT2D eigenvalue weighted by molar-refractivity contribution is 0.0135. The lowest BCUT2D eigenvalue weighted by atomic mass is 9.85. The maximum atomic E-state index is 10.7. The molecule has 1 unspecified atom stereocenters. The van der Waals surface area contributed by atoms with E-state index in [9.17, 15) is 5.11 Å². The number of rotatable bonds is 1. The van der Waals surface area contributed by atoms with Crippen LogP contribution in [-0.4, -0.2) is 23.2 Å². The largest absolute Gasteiger partial charge is 0.384 e. The van der Waals surface area contributed by atoms with Crippen LogP contribution in [0.4, 0.5) is 0 Å². The summed E-state index contributed by atoms with van der Waals surface area (Å²) in [5, 5.41) is 15.1. The number of hydrogen-bond acceptors (Lipinski definition) is 3. The van der Waals surface area contributed by atoms with Crippen LogP contribution in [0.1, 0.15) is 18.4 Å². The molecular weight excluding hydrogens is 212 g/mol. The number of fused-ring (bicyclic) bond motifs is 1. The van der Waals surface area contributed by atoms with Crippen LogP contribution in [0, 0.1) is 0 Å². The summed E-state index contributed by atoms with van der Waals surface area (Å²) in [7, 11) is 0. The molecule has 3 heteroatoms. The van der Waals surface area contributed by atoms with Crippen LogP contribution in [0.15, 0.2) is 36.5 Å². The molecule has 2 aromatic rings. The van der Waals surface area contributed by atoms with E-state index in [1.165, 1.54) is 0 Å². The average Bonchev–Trinajstić information content (AvgIpc) is 2.39. The topological polar surface area (TPSA) is 45.2 Å². The highest BCUT2D eigenvalue weighted by Crippen LogP contribution is 2.32. The summed E-state index contributed by atoms with van der Waals surface area (Å²) in [5.74, 6) is 0. The van der Waals surface area contributed by atoms with Gasteiger partial charge in [-0.1, -0.05) is 24.3 Å². The highest BCUT2D eigenvalue weighted by molar-refractivity contribution is 5.82. The van der Waals surface area contributed by atoms with Crippen molar-refractivity contribution in [2.24, 2.45) is 0 Å². The number of nitrogens with zero attached hydrogens (tertiary/aromatic N) is 1. The van der Waals surface area contributed by atoms with Crippen molar-refractivity contribution in [1.29, 1.82) is 0 Å². The van der Waals surface area contributed by atoms with Crippen LogP contribution in [0.3, 0.4) is 0 Å². The molecule has 1 saturated heterocycles. The Labute approximate surface area is 100 Å². The van der Waals surface area contributed by atoms with Gasteiger partial charge in [-0.3, -0.25) is 4.98 Å². The molecule has 0 aliphatic carbocycles. The van der Waals surface area contributed by atoms with Crippen LogP contribution in [0.2, 0.25) is 0 Å². The summed E-state index contributed by atoms with van der Waals surface area (Å²) in [6, 6.07) is 9.97. The first-order valence-corrected chi connectivity index (χ1v) is 6.07. The maximum absolute atomic E-state index is 10.7. The number of para-hydroxylation sites is 1. The van der Waals surface area contributed by atoms with Gasteiger partial charge in [0, 0.05) is 23.7 Å². The minimum Gasteiger partial charge on any atom is -0.384 e. The average molecular weight is 228 g/mol. The van der Waals surface area contributed by atoms with Crippen molar-refractivity contribution in [3.63, 3.8) is 0 Å². The van der Waals surface area contributed by atoms with E-state index in [2.05, 4.69) is 10.3 Å². The van der Waals surface area contributed by atoms with Crippen LogP contribution < -0.4 is 5.32 Å². The number of piperidine rings is 1. The Morgan fingerprint density at radius 2 is 2.12 bits per heavy atom. The standard InChI is InChI=1S/C14H16N2O/c17-14(7-3-8-15-10-14)12-6-1-4-11-5-2-9-16-13(11)12/h1-2,4-6,9,15,17H,3,7-8,10H2. The van der Waals surface area contributed by atoms with Crippen molar-refractivity contribution in [3.05, 3.63) is 42.1 Å². The van der Waals surface area contributed by atoms with Crippen LogP contribution >= 0.6 is 0 Å². The predicted molar refractivity (Wildman–Crippen MR) is 67.7 cm³/mol. The van der Waals surface area contributed by atoms with Gasteiger partial charge in [-0.05, 0) is 25.5 Å². The minimum atomic E-state index is -0.772. The first-order chi connectivity index (χ1) is 8.30. The summed E-state index contributed by atoms with van der Waals surface area (Å²) in [6.07, 6.45) is 3.58. The molecule has 1 aliphatic rings. The van der Waals surface area contributed by atoms with Crippen molar-refractivity contribution < 1.29 is 5.11 Å². The van der Waals surface area contributed by atoms with Gasteiger partial charge in [-0.25, -0.2) is 0 Å². The molecule has 3 nitrogen and oxygen atoms in total. The summed E-state index contributed by atoms with van der Waals surface area (Å²) in [4.78, 5) is 4.41. The third-order valence-electron chi connectivity index (χ3n) is 3.50. The number of pyridine rings is 1. The fraction of sp³-hybridized carbons (Fsp3) is 0.357. The molecule has 17 heavy (non-hydrogen) atoms. The van der Waals surface area contributed by atoms with E-state index in [-0.39, 0.29) is 0 Å². The van der Waals surface area contributed by atoms with Gasteiger partial charge in [0.2, 0.25) is 0 Å². The summed E-state index contributed by atoms with van der Waals surface area (Å²) in [6.45, 7) is 1.60. The Morgan fingerprint density at radius 1 is 1.24 bits per heavy atom. The first-order valence-electron chi connectivity index (χ1n) is 6.07. The molecule has 0 radical (unpaired) electrons. The van der Waals surface area contributed by atoms with Crippen LogP contribution in [0.25, 0.3) is 10.9 Å². The Balaban J connectivity index is 2.16. The molecule has 2 N–H and O–H groups in total. The summed E-state index contributed by atoms with van der Waals surface area (Å²) in [5.41, 5.74) is 1.09. The second-order valence-electron chi connectivity index (χ2n) is 4.69. The molecule has 0 bridgehead atoms. The van der Waals surface area contributed by atoms with Gasteiger partial charge >= 0.3 is 0 Å².